The van der Waals surface area contributed by atoms with Crippen molar-refractivity contribution < 1.29 is 14.3 Å². The summed E-state index contributed by atoms with van der Waals surface area (Å²) >= 11 is 0. The second-order valence-electron chi connectivity index (χ2n) is 6.72. The molecule has 0 spiro atoms. The number of amides is 1. The molecule has 1 amide bonds. The van der Waals surface area contributed by atoms with Gasteiger partial charge in [-0.3, -0.25) is 9.78 Å². The first-order valence-electron chi connectivity index (χ1n) is 8.51. The third-order valence-electron chi connectivity index (χ3n) is 4.56. The molecule has 1 heterocycles. The Morgan fingerprint density at radius 1 is 1.21 bits per heavy atom. The second-order valence-corrected chi connectivity index (χ2v) is 6.72. The molecule has 0 bridgehead atoms. The van der Waals surface area contributed by atoms with E-state index < -0.39 is 5.91 Å². The van der Waals surface area contributed by atoms with Crippen LogP contribution in [0.2, 0.25) is 0 Å². The van der Waals surface area contributed by atoms with Crippen LogP contribution >= 0.6 is 0 Å². The van der Waals surface area contributed by atoms with Crippen LogP contribution < -0.4 is 15.2 Å². The van der Waals surface area contributed by atoms with E-state index in [0.717, 1.165) is 11.1 Å². The summed E-state index contributed by atoms with van der Waals surface area (Å²) in [5.74, 6) is 1.33. The maximum absolute atomic E-state index is 11.7. The highest BCUT2D eigenvalue weighted by atomic mass is 16.5. The smallest absolute Gasteiger partial charge is 0.252 e. The minimum Gasteiger partial charge on any atom is -0.490 e. The largest absolute Gasteiger partial charge is 0.490 e. The molecule has 24 heavy (non-hydrogen) atoms. The van der Waals surface area contributed by atoms with E-state index in [1.165, 1.54) is 19.3 Å². The molecular weight excluding hydrogens is 304 g/mol. The van der Waals surface area contributed by atoms with Crippen LogP contribution in [-0.2, 0) is 0 Å². The Hall–Kier alpha value is -2.30. The zero-order chi connectivity index (χ0) is 17.3. The molecular formula is C19H24N2O3. The van der Waals surface area contributed by atoms with Gasteiger partial charge in [0.05, 0.1) is 23.3 Å². The van der Waals surface area contributed by atoms with Crippen molar-refractivity contribution in [3.8, 4) is 11.5 Å². The highest BCUT2D eigenvalue weighted by molar-refractivity contribution is 6.01. The first-order chi connectivity index (χ1) is 11.5. The van der Waals surface area contributed by atoms with Crippen LogP contribution in [0.25, 0.3) is 10.9 Å². The van der Waals surface area contributed by atoms with Gasteiger partial charge in [-0.2, -0.15) is 0 Å². The molecule has 0 aliphatic heterocycles. The summed E-state index contributed by atoms with van der Waals surface area (Å²) in [5.41, 5.74) is 6.51. The van der Waals surface area contributed by atoms with Crippen LogP contribution in [0.4, 0.5) is 0 Å². The molecule has 1 saturated carbocycles. The molecule has 2 N–H and O–H groups in total. The molecule has 1 aromatic heterocycles. The van der Waals surface area contributed by atoms with Gasteiger partial charge < -0.3 is 15.2 Å². The van der Waals surface area contributed by atoms with Gasteiger partial charge in [0.25, 0.3) is 5.91 Å². The second kappa shape index (κ2) is 6.67. The lowest BCUT2D eigenvalue weighted by Gasteiger charge is -2.31. The zero-order valence-corrected chi connectivity index (χ0v) is 14.4. The SMILES string of the molecule is CC(C)Oc1cc2c(O[C@H](C)C3CCC3)ccnc2cc1C(N)=O. The van der Waals surface area contributed by atoms with Gasteiger partial charge in [0.2, 0.25) is 0 Å². The summed E-state index contributed by atoms with van der Waals surface area (Å²) in [4.78, 5) is 16.1. The van der Waals surface area contributed by atoms with Crippen LogP contribution in [0.15, 0.2) is 24.4 Å². The first-order valence-corrected chi connectivity index (χ1v) is 8.51. The Kier molecular flexibility index (Phi) is 4.60. The first kappa shape index (κ1) is 16.6. The molecule has 128 valence electrons. The molecule has 0 unspecified atom stereocenters. The van der Waals surface area contributed by atoms with E-state index in [1.807, 2.05) is 26.0 Å². The van der Waals surface area contributed by atoms with Crippen LogP contribution in [0.1, 0.15) is 50.4 Å². The number of carbonyl (C=O) groups is 1. The van der Waals surface area contributed by atoms with Gasteiger partial charge in [0.15, 0.2) is 0 Å². The van der Waals surface area contributed by atoms with Crippen molar-refractivity contribution in [3.63, 3.8) is 0 Å². The standard InChI is InChI=1S/C19H24N2O3/c1-11(2)23-18-10-14-16(9-15(18)19(20)22)21-8-7-17(14)24-12(3)13-5-4-6-13/h7-13H,4-6H2,1-3H3,(H2,20,22)/t12-/m1/s1. The molecule has 1 aliphatic carbocycles. The average Bonchev–Trinajstić information content (AvgIpc) is 2.44. The Labute approximate surface area is 142 Å². The van der Waals surface area contributed by atoms with Crippen LogP contribution in [-0.4, -0.2) is 23.1 Å². The Bertz CT molecular complexity index is 754. The fourth-order valence-corrected chi connectivity index (χ4v) is 3.00. The molecule has 0 saturated heterocycles. The topological polar surface area (TPSA) is 74.4 Å². The van der Waals surface area contributed by atoms with Gasteiger partial charge in [-0.05, 0) is 57.7 Å². The lowest BCUT2D eigenvalue weighted by molar-refractivity contribution is 0.0991. The fourth-order valence-electron chi connectivity index (χ4n) is 3.00. The normalized spacial score (nSPS) is 16.0. The zero-order valence-electron chi connectivity index (χ0n) is 14.4. The Balaban J connectivity index is 2.02. The van der Waals surface area contributed by atoms with E-state index in [1.54, 1.807) is 12.3 Å². The molecule has 5 heteroatoms. The van der Waals surface area contributed by atoms with Crippen molar-refractivity contribution in [2.24, 2.45) is 11.7 Å². The number of hydrogen-bond donors (Lipinski definition) is 1. The monoisotopic (exact) mass is 328 g/mol. The number of benzene rings is 1. The van der Waals surface area contributed by atoms with Gasteiger partial charge in [-0.15, -0.1) is 0 Å². The Morgan fingerprint density at radius 3 is 2.54 bits per heavy atom. The number of ether oxygens (including phenoxy) is 2. The number of nitrogens with two attached hydrogens (primary N) is 1. The maximum atomic E-state index is 11.7. The summed E-state index contributed by atoms with van der Waals surface area (Å²) < 4.78 is 12.0. The number of carbonyl (C=O) groups excluding carboxylic acids is 1. The van der Waals surface area contributed by atoms with Crippen molar-refractivity contribution in [3.05, 3.63) is 30.0 Å². The average molecular weight is 328 g/mol. The van der Waals surface area contributed by atoms with Gasteiger partial charge in [-0.25, -0.2) is 0 Å². The summed E-state index contributed by atoms with van der Waals surface area (Å²) in [7, 11) is 0. The lowest BCUT2D eigenvalue weighted by atomic mass is 9.82. The van der Waals surface area contributed by atoms with Crippen LogP contribution in [0.5, 0.6) is 11.5 Å². The van der Waals surface area contributed by atoms with Crippen LogP contribution in [0.3, 0.4) is 0 Å². The summed E-state index contributed by atoms with van der Waals surface area (Å²) in [6, 6.07) is 5.35. The molecule has 1 aliphatic rings. The van der Waals surface area contributed by atoms with E-state index in [2.05, 4.69) is 11.9 Å². The number of hydrogen-bond acceptors (Lipinski definition) is 4. The van der Waals surface area contributed by atoms with Crippen molar-refractivity contribution in [1.82, 2.24) is 4.98 Å². The maximum Gasteiger partial charge on any atom is 0.252 e. The van der Waals surface area contributed by atoms with Crippen molar-refractivity contribution in [2.45, 2.75) is 52.2 Å². The van der Waals surface area contributed by atoms with Crippen molar-refractivity contribution in [2.75, 3.05) is 0 Å². The molecule has 0 radical (unpaired) electrons. The molecule has 1 aromatic carbocycles. The van der Waals surface area contributed by atoms with E-state index >= 15 is 0 Å². The number of primary amides is 1. The number of nitrogens with zero attached hydrogens (tertiary/aromatic N) is 1. The Morgan fingerprint density at radius 2 is 1.96 bits per heavy atom. The van der Waals surface area contributed by atoms with Crippen molar-refractivity contribution >= 4 is 16.8 Å². The minimum absolute atomic E-state index is 0.0597. The van der Waals surface area contributed by atoms with Gasteiger partial charge in [0, 0.05) is 11.6 Å². The quantitative estimate of drug-likeness (QED) is 0.877. The lowest BCUT2D eigenvalue weighted by Crippen LogP contribution is -2.29. The van der Waals surface area contributed by atoms with Gasteiger partial charge in [-0.1, -0.05) is 6.42 Å². The molecule has 3 rings (SSSR count). The predicted octanol–water partition coefficient (Wildman–Crippen LogP) is 3.69. The molecule has 5 nitrogen and oxygen atoms in total. The van der Waals surface area contributed by atoms with E-state index in [-0.39, 0.29) is 12.2 Å². The third-order valence-corrected chi connectivity index (χ3v) is 4.56. The van der Waals surface area contributed by atoms with E-state index in [9.17, 15) is 4.79 Å². The molecule has 1 fully saturated rings. The molecule has 1 atom stereocenters. The fraction of sp³-hybridized carbons (Fsp3) is 0.474. The summed E-state index contributed by atoms with van der Waals surface area (Å²) in [6.07, 6.45) is 5.52. The van der Waals surface area contributed by atoms with Crippen LogP contribution in [0, 0.1) is 5.92 Å². The van der Waals surface area contributed by atoms with E-state index in [0.29, 0.717) is 22.7 Å². The van der Waals surface area contributed by atoms with Crippen molar-refractivity contribution in [1.29, 1.82) is 0 Å². The number of rotatable bonds is 6. The summed E-state index contributed by atoms with van der Waals surface area (Å²) in [5, 5.41) is 0.837. The summed E-state index contributed by atoms with van der Waals surface area (Å²) in [6.45, 7) is 5.93. The third kappa shape index (κ3) is 3.30. The highest BCUT2D eigenvalue weighted by Crippen LogP contribution is 2.35. The van der Waals surface area contributed by atoms with E-state index in [4.69, 9.17) is 15.2 Å². The van der Waals surface area contributed by atoms with Gasteiger partial charge >= 0.3 is 0 Å². The molecule has 2 aromatic rings. The highest BCUT2D eigenvalue weighted by Gasteiger charge is 2.26. The predicted molar refractivity (Wildman–Crippen MR) is 93.5 cm³/mol. The number of aromatic nitrogens is 1. The van der Waals surface area contributed by atoms with Gasteiger partial charge in [0.1, 0.15) is 11.5 Å². The number of fused-ring (bicyclic) bond motifs is 1. The number of pyridine rings is 1. The minimum atomic E-state index is -0.525.